The van der Waals surface area contributed by atoms with Crippen molar-refractivity contribution in [1.82, 2.24) is 4.90 Å². The van der Waals surface area contributed by atoms with Crippen molar-refractivity contribution < 1.29 is 29.0 Å². The molecule has 6 nitrogen and oxygen atoms in total. The van der Waals surface area contributed by atoms with Crippen LogP contribution in [0.3, 0.4) is 0 Å². The third-order valence-corrected chi connectivity index (χ3v) is 3.01. The van der Waals surface area contributed by atoms with Gasteiger partial charge in [-0.2, -0.15) is 0 Å². The zero-order chi connectivity index (χ0) is 18.4. The fraction of sp³-hybridized carbons (Fsp3) is 0.562. The van der Waals surface area contributed by atoms with Crippen molar-refractivity contribution in [2.45, 2.75) is 33.1 Å². The third-order valence-electron chi connectivity index (χ3n) is 3.01. The Kier molecular flexibility index (Phi) is 13.1. The van der Waals surface area contributed by atoms with Gasteiger partial charge in [0, 0.05) is 6.54 Å². The lowest BCUT2D eigenvalue weighted by Crippen LogP contribution is -2.27. The van der Waals surface area contributed by atoms with Gasteiger partial charge in [-0.1, -0.05) is 13.8 Å². The minimum atomic E-state index is -2.17. The average Bonchev–Trinajstić information content (AvgIpc) is 2.52. The molecule has 0 unspecified atom stereocenters. The van der Waals surface area contributed by atoms with Gasteiger partial charge < -0.3 is 24.7 Å². The molecule has 0 aliphatic heterocycles. The predicted octanol–water partition coefficient (Wildman–Crippen LogP) is 1.44. The van der Waals surface area contributed by atoms with Gasteiger partial charge in [0.1, 0.15) is 5.82 Å². The Balaban J connectivity index is 0.00000118. The quantitative estimate of drug-likeness (QED) is 0.357. The second-order valence-electron chi connectivity index (χ2n) is 5.18. The van der Waals surface area contributed by atoms with Gasteiger partial charge in [0.05, 0.1) is 12.2 Å². The molecule has 0 saturated carbocycles. The molecule has 0 aliphatic rings. The second-order valence-corrected chi connectivity index (χ2v) is 5.18. The number of rotatable bonds is 9. The van der Waals surface area contributed by atoms with Crippen molar-refractivity contribution in [2.75, 3.05) is 26.2 Å². The van der Waals surface area contributed by atoms with Crippen LogP contribution < -0.4 is 0 Å². The third kappa shape index (κ3) is 12.0. The van der Waals surface area contributed by atoms with Crippen molar-refractivity contribution in [1.29, 1.82) is 0 Å². The van der Waals surface area contributed by atoms with Gasteiger partial charge in [0.25, 0.3) is 0 Å². The maximum absolute atomic E-state index is 12.7. The van der Waals surface area contributed by atoms with Gasteiger partial charge in [-0.25, -0.2) is 9.18 Å². The fourth-order valence-corrected chi connectivity index (χ4v) is 2.09. The number of hydrogen-bond acceptors (Lipinski definition) is 6. The minimum absolute atomic E-state index is 0.351. The van der Waals surface area contributed by atoms with E-state index >= 15 is 0 Å². The summed E-state index contributed by atoms with van der Waals surface area (Å²) in [5, 5.41) is 21.5. The lowest BCUT2D eigenvalue weighted by molar-refractivity contribution is 0.0488. The number of benzene rings is 1. The molecule has 1 rings (SSSR count). The highest BCUT2D eigenvalue weighted by molar-refractivity contribution is 6.30. The minimum Gasteiger partial charge on any atom is -0.462 e. The molecule has 3 N–H and O–H groups in total. The van der Waals surface area contributed by atoms with Gasteiger partial charge in [-0.15, -0.1) is 0 Å². The lowest BCUT2D eigenvalue weighted by atomic mass is 10.2. The molecule has 0 fully saturated rings. The van der Waals surface area contributed by atoms with Crippen LogP contribution in [-0.4, -0.2) is 59.5 Å². The van der Waals surface area contributed by atoms with Gasteiger partial charge in [-0.05, 0) is 56.6 Å². The number of nitrogens with zero attached hydrogens (tertiary/aromatic N) is 1. The normalized spacial score (nSPS) is 10.1. The zero-order valence-corrected chi connectivity index (χ0v) is 14.3. The molecule has 0 bridgehead atoms. The summed E-state index contributed by atoms with van der Waals surface area (Å²) < 4.78 is 17.9. The Morgan fingerprint density at radius 3 is 2.04 bits per heavy atom. The first kappa shape index (κ1) is 22.5. The summed E-state index contributed by atoms with van der Waals surface area (Å²) in [6.45, 7) is 7.84. The van der Waals surface area contributed by atoms with Crippen LogP contribution in [0.1, 0.15) is 43.5 Å². The molecule has 0 aliphatic carbocycles. The van der Waals surface area contributed by atoms with E-state index in [0.717, 1.165) is 38.9 Å². The number of hydrogen-bond donors (Lipinski definition) is 3. The molecule has 8 heteroatoms. The van der Waals surface area contributed by atoms with Gasteiger partial charge in [0.15, 0.2) is 0 Å². The Morgan fingerprint density at radius 1 is 1.08 bits per heavy atom. The highest BCUT2D eigenvalue weighted by atomic mass is 19.1. The maximum atomic E-state index is 12.7. The Hall–Kier alpha value is -1.48. The average molecular weight is 343 g/mol. The van der Waals surface area contributed by atoms with Gasteiger partial charge in [0.2, 0.25) is 0 Å². The first-order valence-electron chi connectivity index (χ1n) is 8.09. The molecular weight excluding hydrogens is 316 g/mol. The van der Waals surface area contributed by atoms with Crippen LogP contribution in [0.15, 0.2) is 24.3 Å². The van der Waals surface area contributed by atoms with E-state index in [1.807, 2.05) is 0 Å². The first-order valence-corrected chi connectivity index (χ1v) is 8.09. The highest BCUT2D eigenvalue weighted by Crippen LogP contribution is 2.05. The van der Waals surface area contributed by atoms with E-state index < -0.39 is 7.32 Å². The smallest absolute Gasteiger partial charge is 0.462 e. The summed E-state index contributed by atoms with van der Waals surface area (Å²) in [7, 11) is -2.17. The summed E-state index contributed by atoms with van der Waals surface area (Å²) in [6.07, 6.45) is 3.09. The van der Waals surface area contributed by atoms with E-state index in [2.05, 4.69) is 18.7 Å². The molecule has 0 aromatic heterocycles. The summed E-state index contributed by atoms with van der Waals surface area (Å²) in [5.41, 5.74) is 0.394. The van der Waals surface area contributed by atoms with Crippen LogP contribution in [0, 0.1) is 5.82 Å². The lowest BCUT2D eigenvalue weighted by Gasteiger charge is -2.20. The fourth-order valence-electron chi connectivity index (χ4n) is 2.09. The van der Waals surface area contributed by atoms with E-state index in [4.69, 9.17) is 19.8 Å². The summed E-state index contributed by atoms with van der Waals surface area (Å²) in [6, 6.07) is 5.41. The van der Waals surface area contributed by atoms with E-state index in [1.165, 1.54) is 24.3 Å². The standard InChI is InChI=1S/C16H24FNO2.BH3O3/c1-3-10-18(11-4-2)12-5-13-20-16(19)14-6-8-15(17)9-7-14;2-1(3)4/h6-9H,3-5,10-13H2,1-2H3;2-4H. The number of halogens is 1. The molecule has 0 radical (unpaired) electrons. The van der Waals surface area contributed by atoms with Crippen molar-refractivity contribution in [3.63, 3.8) is 0 Å². The van der Waals surface area contributed by atoms with E-state index in [1.54, 1.807) is 0 Å². The molecule has 0 saturated heterocycles. The summed E-state index contributed by atoms with van der Waals surface area (Å²) >= 11 is 0. The van der Waals surface area contributed by atoms with Crippen molar-refractivity contribution >= 4 is 13.3 Å². The Bertz CT molecular complexity index is 436. The van der Waals surface area contributed by atoms with Crippen LogP contribution in [0.25, 0.3) is 0 Å². The summed E-state index contributed by atoms with van der Waals surface area (Å²) in [5.74, 6) is -0.737. The molecule has 0 spiro atoms. The zero-order valence-electron chi connectivity index (χ0n) is 14.3. The van der Waals surface area contributed by atoms with Crippen molar-refractivity contribution in [2.24, 2.45) is 0 Å². The van der Waals surface area contributed by atoms with E-state index in [0.29, 0.717) is 12.2 Å². The van der Waals surface area contributed by atoms with E-state index in [-0.39, 0.29) is 11.8 Å². The van der Waals surface area contributed by atoms with Crippen LogP contribution in [0.2, 0.25) is 0 Å². The predicted molar refractivity (Wildman–Crippen MR) is 90.7 cm³/mol. The van der Waals surface area contributed by atoms with Gasteiger partial charge >= 0.3 is 13.3 Å². The Labute approximate surface area is 143 Å². The van der Waals surface area contributed by atoms with E-state index in [9.17, 15) is 9.18 Å². The number of carbonyl (C=O) groups excluding carboxylic acids is 1. The molecule has 0 atom stereocenters. The number of carbonyl (C=O) groups is 1. The van der Waals surface area contributed by atoms with Crippen molar-refractivity contribution in [3.8, 4) is 0 Å². The van der Waals surface area contributed by atoms with Crippen LogP contribution in [0.4, 0.5) is 4.39 Å². The molecule has 24 heavy (non-hydrogen) atoms. The van der Waals surface area contributed by atoms with Crippen molar-refractivity contribution in [3.05, 3.63) is 35.6 Å². The highest BCUT2D eigenvalue weighted by Gasteiger charge is 2.07. The summed E-state index contributed by atoms with van der Waals surface area (Å²) in [4.78, 5) is 14.1. The SMILES string of the molecule is CCCN(CCC)CCCOC(=O)c1ccc(F)cc1.OB(O)O. The molecule has 0 heterocycles. The Morgan fingerprint density at radius 2 is 1.58 bits per heavy atom. The number of ether oxygens (including phenoxy) is 1. The largest absolute Gasteiger partial charge is 0.631 e. The molecule has 136 valence electrons. The van der Waals surface area contributed by atoms with Crippen LogP contribution >= 0.6 is 0 Å². The molecular formula is C16H27BFNO5. The monoisotopic (exact) mass is 343 g/mol. The molecule has 0 amide bonds. The maximum Gasteiger partial charge on any atom is 0.631 e. The molecule has 1 aromatic rings. The van der Waals surface area contributed by atoms with Gasteiger partial charge in [-0.3, -0.25) is 0 Å². The molecule has 1 aromatic carbocycles. The first-order chi connectivity index (χ1) is 11.4. The van der Waals surface area contributed by atoms with Crippen LogP contribution in [0.5, 0.6) is 0 Å². The number of esters is 1. The topological polar surface area (TPSA) is 90.2 Å². The van der Waals surface area contributed by atoms with Crippen LogP contribution in [-0.2, 0) is 4.74 Å². The second kappa shape index (κ2) is 13.9.